The van der Waals surface area contributed by atoms with Crippen LogP contribution in [0, 0.1) is 0 Å². The maximum atomic E-state index is 12.3. The molecule has 1 aromatic heterocycles. The van der Waals surface area contributed by atoms with Gasteiger partial charge in [0.15, 0.2) is 0 Å². The molecule has 0 saturated heterocycles. The molecule has 0 bridgehead atoms. The molecular weight excluding hydrogens is 334 g/mol. The molecule has 23 heavy (non-hydrogen) atoms. The number of halogens is 1. The lowest BCUT2D eigenvalue weighted by molar-refractivity contribution is 0.0951. The first-order valence-corrected chi connectivity index (χ1v) is 7.94. The number of hydrogen-bond acceptors (Lipinski definition) is 4. The molecule has 1 heterocycles. The first-order valence-electron chi connectivity index (χ1n) is 7.00. The maximum Gasteiger partial charge on any atom is 0.256 e. The van der Waals surface area contributed by atoms with Crippen molar-refractivity contribution in [3.05, 3.63) is 52.2 Å². The summed E-state index contributed by atoms with van der Waals surface area (Å²) in [4.78, 5) is 24.4. The highest BCUT2D eigenvalue weighted by molar-refractivity contribution is 7.08. The number of hydrogen-bond donors (Lipinski definition) is 3. The average molecular weight is 354 g/mol. The Kier molecular flexibility index (Phi) is 7.74. The van der Waals surface area contributed by atoms with E-state index in [1.165, 1.54) is 11.3 Å². The van der Waals surface area contributed by atoms with E-state index < -0.39 is 0 Å². The third-order valence-electron chi connectivity index (χ3n) is 3.26. The van der Waals surface area contributed by atoms with Crippen LogP contribution in [-0.2, 0) is 0 Å². The number of carbonyl (C=O) groups is 2. The van der Waals surface area contributed by atoms with Gasteiger partial charge < -0.3 is 16.0 Å². The predicted octanol–water partition coefficient (Wildman–Crippen LogP) is 2.76. The first-order chi connectivity index (χ1) is 10.6. The monoisotopic (exact) mass is 353 g/mol. The van der Waals surface area contributed by atoms with Crippen LogP contribution in [0.25, 0.3) is 0 Å². The third kappa shape index (κ3) is 5.35. The smallest absolute Gasteiger partial charge is 0.256 e. The Labute approximate surface area is 145 Å². The molecule has 0 spiro atoms. The second kappa shape index (κ2) is 9.29. The molecule has 124 valence electrons. The molecule has 7 heteroatoms. The normalized spacial score (nSPS) is 11.2. The highest BCUT2D eigenvalue weighted by atomic mass is 35.5. The Balaban J connectivity index is 0.00000264. The summed E-state index contributed by atoms with van der Waals surface area (Å²) in [6.45, 7) is 2.49. The second-order valence-corrected chi connectivity index (χ2v) is 5.69. The van der Waals surface area contributed by atoms with Gasteiger partial charge in [-0.25, -0.2) is 0 Å². The van der Waals surface area contributed by atoms with Crippen molar-refractivity contribution in [3.63, 3.8) is 0 Å². The number of amides is 2. The van der Waals surface area contributed by atoms with E-state index in [0.717, 1.165) is 0 Å². The van der Waals surface area contributed by atoms with Crippen molar-refractivity contribution in [2.75, 3.05) is 18.9 Å². The van der Waals surface area contributed by atoms with Crippen LogP contribution in [-0.4, -0.2) is 31.4 Å². The molecule has 1 atom stereocenters. The molecule has 1 unspecified atom stereocenters. The Bertz CT molecular complexity index is 647. The number of carbonyl (C=O) groups excluding carboxylic acids is 2. The summed E-state index contributed by atoms with van der Waals surface area (Å²) in [5.41, 5.74) is 1.55. The second-order valence-electron chi connectivity index (χ2n) is 4.91. The fraction of sp³-hybridized carbons (Fsp3) is 0.250. The van der Waals surface area contributed by atoms with Gasteiger partial charge in [0.05, 0.1) is 16.8 Å². The Morgan fingerprint density at radius 3 is 2.57 bits per heavy atom. The average Bonchev–Trinajstić information content (AvgIpc) is 3.07. The van der Waals surface area contributed by atoms with Gasteiger partial charge >= 0.3 is 0 Å². The van der Waals surface area contributed by atoms with E-state index in [1.807, 2.05) is 19.4 Å². The van der Waals surface area contributed by atoms with Crippen molar-refractivity contribution in [3.8, 4) is 0 Å². The Morgan fingerprint density at radius 1 is 1.17 bits per heavy atom. The zero-order valence-corrected chi connectivity index (χ0v) is 14.6. The number of nitrogens with one attached hydrogen (secondary N) is 3. The van der Waals surface area contributed by atoms with Gasteiger partial charge in [0.25, 0.3) is 11.8 Å². The van der Waals surface area contributed by atoms with Gasteiger partial charge in [0.1, 0.15) is 0 Å². The van der Waals surface area contributed by atoms with E-state index in [4.69, 9.17) is 0 Å². The molecule has 0 fully saturated rings. The SMILES string of the molecule is CNC(C)CNC(=O)c1ccccc1NC(=O)c1ccsc1.Cl. The van der Waals surface area contributed by atoms with Crippen LogP contribution in [0.3, 0.4) is 0 Å². The summed E-state index contributed by atoms with van der Waals surface area (Å²) in [6.07, 6.45) is 0. The fourth-order valence-electron chi connectivity index (χ4n) is 1.82. The van der Waals surface area contributed by atoms with Gasteiger partial charge in [-0.3, -0.25) is 9.59 Å². The zero-order chi connectivity index (χ0) is 15.9. The van der Waals surface area contributed by atoms with Crippen molar-refractivity contribution < 1.29 is 9.59 Å². The fourth-order valence-corrected chi connectivity index (χ4v) is 2.46. The number of thiophene rings is 1. The van der Waals surface area contributed by atoms with Crippen LogP contribution in [0.5, 0.6) is 0 Å². The van der Waals surface area contributed by atoms with E-state index >= 15 is 0 Å². The van der Waals surface area contributed by atoms with E-state index in [9.17, 15) is 9.59 Å². The minimum absolute atomic E-state index is 0. The summed E-state index contributed by atoms with van der Waals surface area (Å²) in [6, 6.07) is 8.91. The molecule has 0 aliphatic rings. The van der Waals surface area contributed by atoms with Gasteiger partial charge in [-0.2, -0.15) is 11.3 Å². The molecule has 2 aromatic rings. The Hall–Kier alpha value is -1.89. The molecule has 0 saturated carbocycles. The molecule has 0 radical (unpaired) electrons. The van der Waals surface area contributed by atoms with Crippen LogP contribution in [0.15, 0.2) is 41.1 Å². The number of para-hydroxylation sites is 1. The van der Waals surface area contributed by atoms with Crippen molar-refractivity contribution in [1.82, 2.24) is 10.6 Å². The summed E-state index contributed by atoms with van der Waals surface area (Å²) in [7, 11) is 1.84. The lowest BCUT2D eigenvalue weighted by atomic mass is 10.1. The molecule has 2 amide bonds. The predicted molar refractivity (Wildman–Crippen MR) is 96.8 cm³/mol. The van der Waals surface area contributed by atoms with E-state index in [1.54, 1.807) is 35.7 Å². The number of benzene rings is 1. The molecule has 0 aliphatic heterocycles. The first kappa shape index (κ1) is 19.2. The van der Waals surface area contributed by atoms with Gasteiger partial charge in [-0.1, -0.05) is 12.1 Å². The molecule has 3 N–H and O–H groups in total. The lowest BCUT2D eigenvalue weighted by Gasteiger charge is -2.14. The number of likely N-dealkylation sites (N-methyl/N-ethyl adjacent to an activating group) is 1. The van der Waals surface area contributed by atoms with Gasteiger partial charge in [0, 0.05) is 18.0 Å². The lowest BCUT2D eigenvalue weighted by Crippen LogP contribution is -2.37. The minimum Gasteiger partial charge on any atom is -0.350 e. The van der Waals surface area contributed by atoms with E-state index in [2.05, 4.69) is 16.0 Å². The largest absolute Gasteiger partial charge is 0.350 e. The van der Waals surface area contributed by atoms with Crippen molar-refractivity contribution >= 4 is 41.2 Å². The van der Waals surface area contributed by atoms with Crippen LogP contribution in [0.1, 0.15) is 27.6 Å². The van der Waals surface area contributed by atoms with Crippen molar-refractivity contribution in [1.29, 1.82) is 0 Å². The van der Waals surface area contributed by atoms with Gasteiger partial charge in [-0.05, 0) is 37.6 Å². The van der Waals surface area contributed by atoms with E-state index in [-0.39, 0.29) is 30.3 Å². The highest BCUT2D eigenvalue weighted by Crippen LogP contribution is 2.17. The van der Waals surface area contributed by atoms with Gasteiger partial charge in [-0.15, -0.1) is 12.4 Å². The molecular formula is C16H20ClN3O2S. The maximum absolute atomic E-state index is 12.3. The van der Waals surface area contributed by atoms with Crippen molar-refractivity contribution in [2.45, 2.75) is 13.0 Å². The number of rotatable bonds is 6. The topological polar surface area (TPSA) is 70.2 Å². The quantitative estimate of drug-likeness (QED) is 0.747. The van der Waals surface area contributed by atoms with Crippen LogP contribution in [0.4, 0.5) is 5.69 Å². The van der Waals surface area contributed by atoms with Crippen LogP contribution in [0.2, 0.25) is 0 Å². The molecule has 1 aromatic carbocycles. The summed E-state index contributed by atoms with van der Waals surface area (Å²) >= 11 is 1.46. The van der Waals surface area contributed by atoms with Gasteiger partial charge in [0.2, 0.25) is 0 Å². The third-order valence-corrected chi connectivity index (χ3v) is 3.95. The summed E-state index contributed by atoms with van der Waals surface area (Å²) < 4.78 is 0. The highest BCUT2D eigenvalue weighted by Gasteiger charge is 2.14. The minimum atomic E-state index is -0.218. The number of anilines is 1. The summed E-state index contributed by atoms with van der Waals surface area (Å²) in [5, 5.41) is 12.3. The summed E-state index contributed by atoms with van der Waals surface area (Å²) in [5.74, 6) is -0.423. The molecule has 2 rings (SSSR count). The Morgan fingerprint density at radius 2 is 1.91 bits per heavy atom. The van der Waals surface area contributed by atoms with Crippen molar-refractivity contribution in [2.24, 2.45) is 0 Å². The van der Waals surface area contributed by atoms with E-state index in [0.29, 0.717) is 23.4 Å². The van der Waals surface area contributed by atoms with Crippen LogP contribution < -0.4 is 16.0 Å². The molecule has 0 aliphatic carbocycles. The zero-order valence-electron chi connectivity index (χ0n) is 13.0. The molecule has 5 nitrogen and oxygen atoms in total. The standard InChI is InChI=1S/C16H19N3O2S.ClH/c1-11(17-2)9-18-16(21)13-5-3-4-6-14(13)19-15(20)12-7-8-22-10-12;/h3-8,10-11,17H,9H2,1-2H3,(H,18,21)(H,19,20);1H. The van der Waals surface area contributed by atoms with Crippen LogP contribution >= 0.6 is 23.7 Å².